The highest BCUT2D eigenvalue weighted by Gasteiger charge is 2.23. The number of rotatable bonds is 8. The molecule has 0 bridgehead atoms. The molecule has 1 aliphatic heterocycles. The number of hydrogen-bond acceptors (Lipinski definition) is 7. The molecule has 1 aliphatic rings. The van der Waals surface area contributed by atoms with Gasteiger partial charge in [-0.1, -0.05) is 18.2 Å². The summed E-state index contributed by atoms with van der Waals surface area (Å²) in [6.45, 7) is 3.86. The second-order valence-corrected chi connectivity index (χ2v) is 9.70. The van der Waals surface area contributed by atoms with Crippen molar-refractivity contribution in [3.8, 4) is 17.3 Å². The number of fused-ring (bicyclic) bond motifs is 1. The van der Waals surface area contributed by atoms with Crippen LogP contribution >= 0.6 is 0 Å². The molecule has 1 saturated heterocycles. The van der Waals surface area contributed by atoms with E-state index < -0.39 is 11.6 Å². The van der Waals surface area contributed by atoms with Crippen LogP contribution in [0.2, 0.25) is 0 Å². The van der Waals surface area contributed by atoms with Gasteiger partial charge in [0.05, 0.1) is 18.7 Å². The largest absolute Gasteiger partial charge is 0.494 e. The molecule has 1 fully saturated rings. The maximum atomic E-state index is 14.9. The molecule has 0 aliphatic carbocycles. The van der Waals surface area contributed by atoms with Crippen LogP contribution in [0.25, 0.3) is 22.4 Å². The number of ether oxygens (including phenoxy) is 1. The number of pyridine rings is 1. The summed E-state index contributed by atoms with van der Waals surface area (Å²) in [7, 11) is 0. The minimum absolute atomic E-state index is 0.0922. The molecule has 0 amide bonds. The van der Waals surface area contributed by atoms with E-state index in [0.717, 1.165) is 48.1 Å². The van der Waals surface area contributed by atoms with Gasteiger partial charge in [0.1, 0.15) is 28.9 Å². The predicted octanol–water partition coefficient (Wildman–Crippen LogP) is 5.82. The highest BCUT2D eigenvalue weighted by molar-refractivity contribution is 5.92. The van der Waals surface area contributed by atoms with Crippen molar-refractivity contribution in [2.45, 2.75) is 32.2 Å². The molecule has 10 heteroatoms. The monoisotopic (exact) mass is 541 g/mol. The Morgan fingerprint density at radius 2 is 1.80 bits per heavy atom. The number of anilines is 2. The third-order valence-electron chi connectivity index (χ3n) is 7.14. The van der Waals surface area contributed by atoms with Gasteiger partial charge in [0, 0.05) is 52.9 Å². The number of nitrogens with zero attached hydrogens (tertiary/aromatic N) is 5. The van der Waals surface area contributed by atoms with Gasteiger partial charge >= 0.3 is 0 Å². The van der Waals surface area contributed by atoms with Crippen LogP contribution in [0.5, 0.6) is 5.75 Å². The first-order chi connectivity index (χ1) is 19.6. The smallest absolute Gasteiger partial charge is 0.182 e. The van der Waals surface area contributed by atoms with Gasteiger partial charge in [-0.05, 0) is 57.0 Å². The highest BCUT2D eigenvalue weighted by atomic mass is 19.1. The number of nitrogens with one attached hydrogen (secondary N) is 2. The van der Waals surface area contributed by atoms with Crippen LogP contribution in [0.4, 0.5) is 20.3 Å². The van der Waals surface area contributed by atoms with Crippen molar-refractivity contribution in [2.24, 2.45) is 0 Å². The first-order valence-electron chi connectivity index (χ1n) is 13.4. The average molecular weight is 542 g/mol. The zero-order valence-corrected chi connectivity index (χ0v) is 22.1. The fourth-order valence-electron chi connectivity index (χ4n) is 5.15. The number of benzene rings is 2. The molecule has 0 radical (unpaired) electrons. The van der Waals surface area contributed by atoms with Gasteiger partial charge in [0.15, 0.2) is 5.82 Å². The van der Waals surface area contributed by atoms with Gasteiger partial charge in [-0.25, -0.2) is 18.7 Å². The van der Waals surface area contributed by atoms with E-state index in [2.05, 4.69) is 15.6 Å². The minimum Gasteiger partial charge on any atom is -0.494 e. The second kappa shape index (κ2) is 11.4. The van der Waals surface area contributed by atoms with Crippen molar-refractivity contribution < 1.29 is 13.5 Å². The Balaban J connectivity index is 1.41. The predicted molar refractivity (Wildman–Crippen MR) is 150 cm³/mol. The number of aromatic nitrogens is 5. The summed E-state index contributed by atoms with van der Waals surface area (Å²) in [5, 5.41) is 12.4. The molecule has 204 valence electrons. The van der Waals surface area contributed by atoms with E-state index in [1.807, 2.05) is 42.6 Å². The summed E-state index contributed by atoms with van der Waals surface area (Å²) in [6, 6.07) is 13.7. The van der Waals surface area contributed by atoms with E-state index >= 15 is 0 Å². The van der Waals surface area contributed by atoms with Gasteiger partial charge in [0.2, 0.25) is 0 Å². The maximum absolute atomic E-state index is 14.9. The molecule has 40 heavy (non-hydrogen) atoms. The molecule has 6 rings (SSSR count). The number of halogens is 2. The lowest BCUT2D eigenvalue weighted by molar-refractivity contribution is 0.335. The summed E-state index contributed by atoms with van der Waals surface area (Å²) in [4.78, 5) is 13.8. The molecule has 2 N–H and O–H groups in total. The van der Waals surface area contributed by atoms with Crippen molar-refractivity contribution in [1.29, 1.82) is 0 Å². The van der Waals surface area contributed by atoms with E-state index in [4.69, 9.17) is 19.8 Å². The van der Waals surface area contributed by atoms with Crippen LogP contribution in [0.1, 0.15) is 36.8 Å². The van der Waals surface area contributed by atoms with Crippen LogP contribution in [0.15, 0.2) is 67.1 Å². The van der Waals surface area contributed by atoms with Crippen LogP contribution < -0.4 is 15.4 Å². The zero-order chi connectivity index (χ0) is 27.5. The molecular weight excluding hydrogens is 512 g/mol. The lowest BCUT2D eigenvalue weighted by atomic mass is 9.91. The van der Waals surface area contributed by atoms with Crippen LogP contribution in [0, 0.1) is 11.6 Å². The zero-order valence-electron chi connectivity index (χ0n) is 22.1. The second-order valence-electron chi connectivity index (χ2n) is 9.70. The highest BCUT2D eigenvalue weighted by Crippen LogP contribution is 2.34. The molecule has 0 saturated carbocycles. The molecular formula is C30H29F2N7O. The van der Waals surface area contributed by atoms with Crippen LogP contribution in [-0.2, 0) is 6.54 Å². The van der Waals surface area contributed by atoms with E-state index in [-0.39, 0.29) is 17.9 Å². The average Bonchev–Trinajstić information content (AvgIpc) is 3.34. The Labute approximate surface area is 230 Å². The number of para-hydroxylation sites is 1. The molecule has 2 aromatic carbocycles. The Bertz CT molecular complexity index is 1610. The molecule has 3 aromatic heterocycles. The van der Waals surface area contributed by atoms with Gasteiger partial charge in [-0.3, -0.25) is 9.67 Å². The number of hydrogen-bond donors (Lipinski definition) is 2. The van der Waals surface area contributed by atoms with Crippen molar-refractivity contribution in [3.05, 3.63) is 89.9 Å². The van der Waals surface area contributed by atoms with Gasteiger partial charge < -0.3 is 15.4 Å². The minimum atomic E-state index is -0.684. The van der Waals surface area contributed by atoms with E-state index in [1.54, 1.807) is 24.0 Å². The topological polar surface area (TPSA) is 89.8 Å². The molecule has 4 heterocycles. The van der Waals surface area contributed by atoms with Crippen LogP contribution in [-0.4, -0.2) is 44.4 Å². The molecule has 0 atom stereocenters. The fraction of sp³-hybridized carbons (Fsp3) is 0.267. The van der Waals surface area contributed by atoms with E-state index in [1.165, 1.54) is 12.1 Å². The van der Waals surface area contributed by atoms with Crippen LogP contribution in [0.3, 0.4) is 0 Å². The van der Waals surface area contributed by atoms with Gasteiger partial charge in [-0.15, -0.1) is 0 Å². The summed E-state index contributed by atoms with van der Waals surface area (Å²) >= 11 is 0. The quantitative estimate of drug-likeness (QED) is 0.256. The summed E-state index contributed by atoms with van der Waals surface area (Å²) in [5.41, 5.74) is 3.08. The molecule has 5 aromatic rings. The summed E-state index contributed by atoms with van der Waals surface area (Å²) < 4.78 is 36.7. The maximum Gasteiger partial charge on any atom is 0.182 e. The first kappa shape index (κ1) is 25.8. The Morgan fingerprint density at radius 3 is 2.55 bits per heavy atom. The molecule has 0 spiro atoms. The summed E-state index contributed by atoms with van der Waals surface area (Å²) in [6.07, 6.45) is 7.31. The Morgan fingerprint density at radius 1 is 1.05 bits per heavy atom. The third-order valence-corrected chi connectivity index (χ3v) is 7.14. The number of piperidine rings is 1. The standard InChI is InChI=1S/C30H29F2N7O/c1-2-40-21-15-25(31)24(26(32)16-21)18-39-27-6-4-3-5-22(27)28(38-39)30-35-17-23(19-7-11-33-12-8-19)29(37-30)36-20-9-13-34-14-10-20/h3-6,9-10,13-17,19,33H,2,7-8,11-12,18H2,1H3,(H,34,35,36,37). The first-order valence-corrected chi connectivity index (χ1v) is 13.4. The van der Waals surface area contributed by atoms with Gasteiger partial charge in [0.25, 0.3) is 0 Å². The fourth-order valence-corrected chi connectivity index (χ4v) is 5.15. The Kier molecular flexibility index (Phi) is 7.33. The lowest BCUT2D eigenvalue weighted by Crippen LogP contribution is -2.27. The lowest BCUT2D eigenvalue weighted by Gasteiger charge is -2.24. The van der Waals surface area contributed by atoms with Crippen molar-refractivity contribution >= 4 is 22.4 Å². The van der Waals surface area contributed by atoms with Crippen molar-refractivity contribution in [3.63, 3.8) is 0 Å². The molecule has 0 unspecified atom stereocenters. The summed E-state index contributed by atoms with van der Waals surface area (Å²) in [5.74, 6) is 0.248. The third kappa shape index (κ3) is 5.22. The van der Waals surface area contributed by atoms with Gasteiger partial charge in [-0.2, -0.15) is 5.10 Å². The van der Waals surface area contributed by atoms with Crippen molar-refractivity contribution in [1.82, 2.24) is 30.0 Å². The van der Waals surface area contributed by atoms with E-state index in [9.17, 15) is 8.78 Å². The normalized spacial score (nSPS) is 14.0. The van der Waals surface area contributed by atoms with Crippen molar-refractivity contribution in [2.75, 3.05) is 25.0 Å². The Hall–Kier alpha value is -4.44. The molecule has 8 nitrogen and oxygen atoms in total. The van der Waals surface area contributed by atoms with E-state index in [0.29, 0.717) is 29.9 Å². The SMILES string of the molecule is CCOc1cc(F)c(Cn2nc(-c3ncc(C4CCNCC4)c(Nc4ccncc4)n3)c3ccccc32)c(F)c1.